The Labute approximate surface area is 164 Å². The summed E-state index contributed by atoms with van der Waals surface area (Å²) in [6, 6.07) is 7.17. The summed E-state index contributed by atoms with van der Waals surface area (Å²) < 4.78 is 32.8. The van der Waals surface area contributed by atoms with Gasteiger partial charge in [-0.2, -0.15) is 4.72 Å². The van der Waals surface area contributed by atoms with Crippen LogP contribution in [0.2, 0.25) is 5.02 Å². The average molecular weight is 411 g/mol. The van der Waals surface area contributed by atoms with Gasteiger partial charge >= 0.3 is 0 Å². The Hall–Kier alpha value is -2.09. The van der Waals surface area contributed by atoms with Crippen LogP contribution >= 0.6 is 11.6 Å². The Morgan fingerprint density at radius 2 is 1.70 bits per heavy atom. The number of halogens is 1. The minimum atomic E-state index is -4.01. The Balaban J connectivity index is 2.22. The van der Waals surface area contributed by atoms with E-state index in [9.17, 15) is 13.2 Å². The lowest BCUT2D eigenvalue weighted by Gasteiger charge is -2.18. The molecule has 2 aromatic rings. The molecule has 0 unspecified atom stereocenters. The van der Waals surface area contributed by atoms with Gasteiger partial charge < -0.3 is 10.1 Å². The van der Waals surface area contributed by atoms with Crippen molar-refractivity contribution in [2.45, 2.75) is 38.6 Å². The summed E-state index contributed by atoms with van der Waals surface area (Å²) >= 11 is 5.91. The number of hydrogen-bond donors (Lipinski definition) is 2. The van der Waals surface area contributed by atoms with Gasteiger partial charge in [0, 0.05) is 10.7 Å². The van der Waals surface area contributed by atoms with E-state index < -0.39 is 22.0 Å². The van der Waals surface area contributed by atoms with Gasteiger partial charge in [-0.1, -0.05) is 29.3 Å². The molecule has 8 heteroatoms. The van der Waals surface area contributed by atoms with Crippen LogP contribution in [0.4, 0.5) is 5.69 Å². The zero-order valence-electron chi connectivity index (χ0n) is 15.9. The summed E-state index contributed by atoms with van der Waals surface area (Å²) in [7, 11) is -2.65. The fourth-order valence-corrected chi connectivity index (χ4v) is 4.45. The van der Waals surface area contributed by atoms with Gasteiger partial charge in [-0.15, -0.1) is 0 Å². The molecule has 0 radical (unpaired) electrons. The Morgan fingerprint density at radius 3 is 2.26 bits per heavy atom. The van der Waals surface area contributed by atoms with E-state index in [4.69, 9.17) is 16.3 Å². The zero-order valence-corrected chi connectivity index (χ0v) is 17.5. The monoisotopic (exact) mass is 410 g/mol. The summed E-state index contributed by atoms with van der Waals surface area (Å²) in [5, 5.41) is 3.05. The molecule has 2 rings (SSSR count). The van der Waals surface area contributed by atoms with Gasteiger partial charge in [0.1, 0.15) is 10.6 Å². The molecule has 0 heterocycles. The molecule has 0 aliphatic heterocycles. The maximum Gasteiger partial charge on any atom is 0.245 e. The van der Waals surface area contributed by atoms with Crippen molar-refractivity contribution in [1.82, 2.24) is 4.72 Å². The first-order valence-electron chi connectivity index (χ1n) is 8.29. The van der Waals surface area contributed by atoms with Gasteiger partial charge in [-0.25, -0.2) is 8.42 Å². The lowest BCUT2D eigenvalue weighted by molar-refractivity contribution is -0.117. The molecule has 2 N–H and O–H groups in total. The van der Waals surface area contributed by atoms with Crippen molar-refractivity contribution in [2.24, 2.45) is 0 Å². The smallest absolute Gasteiger partial charge is 0.245 e. The third kappa shape index (κ3) is 5.00. The molecule has 0 fully saturated rings. The van der Waals surface area contributed by atoms with E-state index in [0.717, 1.165) is 16.7 Å². The summed E-state index contributed by atoms with van der Waals surface area (Å²) in [4.78, 5) is 12.4. The van der Waals surface area contributed by atoms with E-state index in [1.807, 2.05) is 32.9 Å². The van der Waals surface area contributed by atoms with E-state index in [1.165, 1.54) is 32.2 Å². The van der Waals surface area contributed by atoms with Crippen molar-refractivity contribution >= 4 is 33.2 Å². The topological polar surface area (TPSA) is 84.5 Å². The van der Waals surface area contributed by atoms with Crippen LogP contribution in [-0.4, -0.2) is 27.5 Å². The minimum absolute atomic E-state index is 0.125. The minimum Gasteiger partial charge on any atom is -0.495 e. The highest BCUT2D eigenvalue weighted by Gasteiger charge is 2.26. The van der Waals surface area contributed by atoms with Crippen molar-refractivity contribution in [2.75, 3.05) is 12.4 Å². The van der Waals surface area contributed by atoms with Crippen LogP contribution in [0.5, 0.6) is 5.75 Å². The zero-order chi connectivity index (χ0) is 20.4. The molecule has 0 aliphatic rings. The summed E-state index contributed by atoms with van der Waals surface area (Å²) in [6.45, 7) is 7.23. The molecular formula is C19H23ClN2O4S. The molecule has 6 nitrogen and oxygen atoms in total. The molecule has 1 amide bonds. The van der Waals surface area contributed by atoms with E-state index >= 15 is 0 Å². The van der Waals surface area contributed by atoms with Crippen LogP contribution in [-0.2, 0) is 14.8 Å². The van der Waals surface area contributed by atoms with Crippen molar-refractivity contribution < 1.29 is 17.9 Å². The van der Waals surface area contributed by atoms with Gasteiger partial charge in [0.05, 0.1) is 13.2 Å². The van der Waals surface area contributed by atoms with Gasteiger partial charge in [0.2, 0.25) is 15.9 Å². The number of sulfonamides is 1. The standard InChI is InChI=1S/C19H23ClN2O4S/c1-11-8-12(2)18(13(3)9-11)21-19(23)14(4)22-27(24,25)17-10-15(20)6-7-16(17)26-5/h6-10,14,22H,1-5H3,(H,21,23)/t14-/m0/s1. The third-order valence-electron chi connectivity index (χ3n) is 4.07. The number of rotatable bonds is 6. The number of nitrogens with one attached hydrogen (secondary N) is 2. The predicted molar refractivity (Wildman–Crippen MR) is 107 cm³/mol. The third-order valence-corrected chi connectivity index (χ3v) is 5.86. The van der Waals surface area contributed by atoms with Crippen LogP contribution in [0.15, 0.2) is 35.2 Å². The molecule has 2 aromatic carbocycles. The fraction of sp³-hybridized carbons (Fsp3) is 0.316. The average Bonchev–Trinajstić information content (AvgIpc) is 2.57. The Kier molecular flexibility index (Phi) is 6.51. The van der Waals surface area contributed by atoms with Gasteiger partial charge in [-0.05, 0) is 57.0 Å². The molecule has 1 atom stereocenters. The number of ether oxygens (including phenoxy) is 1. The molecule has 0 bridgehead atoms. The molecule has 146 valence electrons. The van der Waals surface area contributed by atoms with Crippen LogP contribution < -0.4 is 14.8 Å². The number of hydrogen-bond acceptors (Lipinski definition) is 4. The number of benzene rings is 2. The van der Waals surface area contributed by atoms with E-state index in [1.54, 1.807) is 0 Å². The van der Waals surface area contributed by atoms with E-state index in [2.05, 4.69) is 10.0 Å². The molecule has 0 aliphatic carbocycles. The number of amides is 1. The SMILES string of the molecule is COc1ccc(Cl)cc1S(=O)(=O)N[C@@H](C)C(=O)Nc1c(C)cc(C)cc1C. The quantitative estimate of drug-likeness (QED) is 0.762. The highest BCUT2D eigenvalue weighted by atomic mass is 35.5. The summed E-state index contributed by atoms with van der Waals surface area (Å²) in [5.41, 5.74) is 3.58. The van der Waals surface area contributed by atoms with Crippen LogP contribution in [0.25, 0.3) is 0 Å². The number of carbonyl (C=O) groups excluding carboxylic acids is 1. The number of anilines is 1. The maximum absolute atomic E-state index is 12.7. The second-order valence-electron chi connectivity index (χ2n) is 6.40. The number of methoxy groups -OCH3 is 1. The Bertz CT molecular complexity index is 951. The maximum atomic E-state index is 12.7. The van der Waals surface area contributed by atoms with Crippen molar-refractivity contribution in [3.8, 4) is 5.75 Å². The van der Waals surface area contributed by atoms with E-state index in [0.29, 0.717) is 5.69 Å². The van der Waals surface area contributed by atoms with Crippen LogP contribution in [0.1, 0.15) is 23.6 Å². The first-order valence-corrected chi connectivity index (χ1v) is 10.2. The second kappa shape index (κ2) is 8.29. The molecule has 0 saturated carbocycles. The molecular weight excluding hydrogens is 388 g/mol. The molecule has 0 saturated heterocycles. The molecule has 27 heavy (non-hydrogen) atoms. The van der Waals surface area contributed by atoms with E-state index in [-0.39, 0.29) is 15.7 Å². The lowest BCUT2D eigenvalue weighted by atomic mass is 10.0. The molecule has 0 aromatic heterocycles. The molecule has 0 spiro atoms. The van der Waals surface area contributed by atoms with Gasteiger partial charge in [-0.3, -0.25) is 4.79 Å². The largest absolute Gasteiger partial charge is 0.495 e. The van der Waals surface area contributed by atoms with Gasteiger partial charge in [0.25, 0.3) is 0 Å². The Morgan fingerprint density at radius 1 is 1.11 bits per heavy atom. The van der Waals surface area contributed by atoms with Crippen LogP contribution in [0, 0.1) is 20.8 Å². The highest BCUT2D eigenvalue weighted by Crippen LogP contribution is 2.27. The number of aryl methyl sites for hydroxylation is 3. The van der Waals surface area contributed by atoms with Gasteiger partial charge in [0.15, 0.2) is 0 Å². The predicted octanol–water partition coefficient (Wildman–Crippen LogP) is 3.58. The van der Waals surface area contributed by atoms with Crippen molar-refractivity contribution in [1.29, 1.82) is 0 Å². The normalized spacial score (nSPS) is 12.5. The fourth-order valence-electron chi connectivity index (χ4n) is 2.82. The number of carbonyl (C=O) groups is 1. The first kappa shape index (κ1) is 21.2. The second-order valence-corrected chi connectivity index (χ2v) is 8.52. The van der Waals surface area contributed by atoms with Crippen molar-refractivity contribution in [3.63, 3.8) is 0 Å². The highest BCUT2D eigenvalue weighted by molar-refractivity contribution is 7.89. The first-order chi connectivity index (χ1) is 12.5. The van der Waals surface area contributed by atoms with Crippen molar-refractivity contribution in [3.05, 3.63) is 52.0 Å². The summed E-state index contributed by atoms with van der Waals surface area (Å²) in [5.74, 6) is -0.320. The lowest BCUT2D eigenvalue weighted by Crippen LogP contribution is -2.41. The summed E-state index contributed by atoms with van der Waals surface area (Å²) in [6.07, 6.45) is 0. The van der Waals surface area contributed by atoms with Crippen LogP contribution in [0.3, 0.4) is 0 Å².